The lowest BCUT2D eigenvalue weighted by Crippen LogP contribution is -2.30. The maximum Gasteiger partial charge on any atom is 0.374 e. The molecule has 0 saturated heterocycles. The summed E-state index contributed by atoms with van der Waals surface area (Å²) in [6.07, 6.45) is 0. The third-order valence-corrected chi connectivity index (χ3v) is 3.06. The number of rotatable bonds is 2. The van der Waals surface area contributed by atoms with Gasteiger partial charge in [0.25, 0.3) is 5.13 Å². The molecule has 0 aliphatic rings. The zero-order valence-corrected chi connectivity index (χ0v) is 7.86. The van der Waals surface area contributed by atoms with Gasteiger partial charge in [0, 0.05) is 0 Å². The van der Waals surface area contributed by atoms with Crippen molar-refractivity contribution in [1.82, 2.24) is 0 Å². The van der Waals surface area contributed by atoms with Crippen LogP contribution in [0.3, 0.4) is 0 Å². The fraction of sp³-hybridized carbons (Fsp3) is 0.333. The quantitative estimate of drug-likeness (QED) is 0.681. The molecule has 12 heavy (non-hydrogen) atoms. The topological polar surface area (TPSA) is 0 Å². The van der Waals surface area contributed by atoms with Gasteiger partial charge in [0.1, 0.15) is 0 Å². The highest BCUT2D eigenvalue weighted by Crippen LogP contribution is 2.48. The molecule has 0 spiro atoms. The second-order valence-corrected chi connectivity index (χ2v) is 3.99. The van der Waals surface area contributed by atoms with Gasteiger partial charge in [-0.2, -0.15) is 8.78 Å². The van der Waals surface area contributed by atoms with Crippen molar-refractivity contribution in [3.63, 3.8) is 0 Å². The molecule has 0 N–H and O–H groups in total. The summed E-state index contributed by atoms with van der Waals surface area (Å²) < 4.78 is 37.7. The van der Waals surface area contributed by atoms with Gasteiger partial charge in [-0.1, -0.05) is 17.7 Å². The first-order valence-corrected chi connectivity index (χ1v) is 4.48. The Hall–Kier alpha value is 0.0700. The molecule has 0 fully saturated rings. The zero-order valence-electron chi connectivity index (χ0n) is 5.53. The second-order valence-electron chi connectivity index (χ2n) is 2.05. The van der Waals surface area contributed by atoms with Gasteiger partial charge in [-0.25, -0.2) is 4.39 Å². The summed E-state index contributed by atoms with van der Waals surface area (Å²) in [6, 6.07) is 2.58. The smallest absolute Gasteiger partial charge is 0.212 e. The average molecular weight is 235 g/mol. The number of halogens is 5. The van der Waals surface area contributed by atoms with E-state index in [4.69, 9.17) is 11.6 Å². The molecule has 0 amide bonds. The number of thiophene rings is 1. The van der Waals surface area contributed by atoms with Crippen LogP contribution in [-0.2, 0) is 5.13 Å². The third-order valence-electron chi connectivity index (χ3n) is 1.19. The highest BCUT2D eigenvalue weighted by molar-refractivity contribution is 7.10. The predicted octanol–water partition coefficient (Wildman–Crippen LogP) is 3.94. The highest BCUT2D eigenvalue weighted by atomic mass is 35.5. The first-order valence-electron chi connectivity index (χ1n) is 2.84. The van der Waals surface area contributed by atoms with E-state index in [0.717, 1.165) is 17.4 Å². The third kappa shape index (κ3) is 1.70. The molecule has 1 heterocycles. The molecular formula is C6H3Cl2F3S. The maximum atomic E-state index is 13.1. The van der Waals surface area contributed by atoms with Crippen LogP contribution in [0.25, 0.3) is 0 Å². The van der Waals surface area contributed by atoms with Gasteiger partial charge in [0.15, 0.2) is 0 Å². The van der Waals surface area contributed by atoms with Crippen molar-refractivity contribution in [2.75, 3.05) is 0 Å². The van der Waals surface area contributed by atoms with E-state index in [1.54, 1.807) is 0 Å². The van der Waals surface area contributed by atoms with Crippen molar-refractivity contribution in [3.8, 4) is 0 Å². The van der Waals surface area contributed by atoms with Crippen LogP contribution in [-0.4, -0.2) is 5.38 Å². The first kappa shape index (κ1) is 10.2. The van der Waals surface area contributed by atoms with Gasteiger partial charge in [0.05, 0.1) is 4.88 Å². The molecule has 1 aromatic heterocycles. The molecule has 1 aromatic rings. The number of hydrogen-bond acceptors (Lipinski definition) is 1. The largest absolute Gasteiger partial charge is 0.374 e. The van der Waals surface area contributed by atoms with Crippen molar-refractivity contribution in [1.29, 1.82) is 0 Å². The molecule has 0 bridgehead atoms. The minimum absolute atomic E-state index is 0.302. The molecule has 0 aliphatic carbocycles. The van der Waals surface area contributed by atoms with E-state index in [1.807, 2.05) is 0 Å². The van der Waals surface area contributed by atoms with Crippen molar-refractivity contribution in [3.05, 3.63) is 22.4 Å². The lowest BCUT2D eigenvalue weighted by atomic mass is 10.3. The van der Waals surface area contributed by atoms with E-state index in [9.17, 15) is 13.2 Å². The normalized spacial score (nSPS) is 17.4. The van der Waals surface area contributed by atoms with E-state index < -0.39 is 10.5 Å². The summed E-state index contributed by atoms with van der Waals surface area (Å²) in [7, 11) is 0. The van der Waals surface area contributed by atoms with E-state index >= 15 is 0 Å². The molecule has 0 aromatic carbocycles. The predicted molar refractivity (Wildman–Crippen MR) is 43.8 cm³/mol. The van der Waals surface area contributed by atoms with Crippen LogP contribution in [0.2, 0.25) is 0 Å². The minimum atomic E-state index is -4.10. The lowest BCUT2D eigenvalue weighted by molar-refractivity contribution is -0.0206. The Morgan fingerprint density at radius 2 is 1.83 bits per heavy atom. The van der Waals surface area contributed by atoms with Gasteiger partial charge in [-0.05, 0) is 23.0 Å². The van der Waals surface area contributed by atoms with E-state index in [0.29, 0.717) is 0 Å². The Morgan fingerprint density at radius 3 is 2.17 bits per heavy atom. The summed E-state index contributed by atoms with van der Waals surface area (Å²) in [5.41, 5.74) is 0. The van der Waals surface area contributed by atoms with E-state index in [-0.39, 0.29) is 4.88 Å². The molecule has 68 valence electrons. The van der Waals surface area contributed by atoms with Crippen molar-refractivity contribution >= 4 is 34.5 Å². The van der Waals surface area contributed by atoms with Gasteiger partial charge >= 0.3 is 5.38 Å². The average Bonchev–Trinajstić information content (AvgIpc) is 2.34. The van der Waals surface area contributed by atoms with Crippen LogP contribution in [0.1, 0.15) is 4.88 Å². The molecule has 0 radical (unpaired) electrons. The van der Waals surface area contributed by atoms with Gasteiger partial charge in [-0.3, -0.25) is 0 Å². The Bertz CT molecular complexity index is 252. The molecule has 0 saturated carbocycles. The highest BCUT2D eigenvalue weighted by Gasteiger charge is 2.54. The van der Waals surface area contributed by atoms with Crippen LogP contribution in [0.15, 0.2) is 17.5 Å². The van der Waals surface area contributed by atoms with Crippen LogP contribution < -0.4 is 0 Å². The fourth-order valence-electron chi connectivity index (χ4n) is 0.597. The van der Waals surface area contributed by atoms with E-state index in [1.165, 1.54) is 11.4 Å². The molecule has 6 heteroatoms. The summed E-state index contributed by atoms with van der Waals surface area (Å²) in [6.45, 7) is 0. The summed E-state index contributed by atoms with van der Waals surface area (Å²) in [5.74, 6) is 0. The summed E-state index contributed by atoms with van der Waals surface area (Å²) in [5, 5.41) is -5.98. The van der Waals surface area contributed by atoms with Crippen molar-refractivity contribution in [2.45, 2.75) is 10.5 Å². The lowest BCUT2D eigenvalue weighted by Gasteiger charge is -2.20. The van der Waals surface area contributed by atoms with Crippen molar-refractivity contribution < 1.29 is 13.2 Å². The Balaban J connectivity index is 3.02. The molecule has 1 atom stereocenters. The maximum absolute atomic E-state index is 13.1. The summed E-state index contributed by atoms with van der Waals surface area (Å²) in [4.78, 5) is -0.302. The Labute approximate surface area is 80.9 Å². The van der Waals surface area contributed by atoms with Gasteiger partial charge in [-0.15, -0.1) is 11.3 Å². The van der Waals surface area contributed by atoms with Crippen LogP contribution in [0.5, 0.6) is 0 Å². The van der Waals surface area contributed by atoms with Crippen molar-refractivity contribution in [2.24, 2.45) is 0 Å². The minimum Gasteiger partial charge on any atom is -0.212 e. The van der Waals surface area contributed by atoms with Gasteiger partial charge in [0.2, 0.25) is 0 Å². The Morgan fingerprint density at radius 1 is 1.25 bits per heavy atom. The molecular weight excluding hydrogens is 232 g/mol. The number of alkyl halides is 5. The van der Waals surface area contributed by atoms with Crippen LogP contribution in [0.4, 0.5) is 13.2 Å². The monoisotopic (exact) mass is 234 g/mol. The van der Waals surface area contributed by atoms with Crippen LogP contribution in [0, 0.1) is 0 Å². The summed E-state index contributed by atoms with van der Waals surface area (Å²) >= 11 is 10.2. The Kier molecular flexibility index (Phi) is 2.61. The van der Waals surface area contributed by atoms with E-state index in [2.05, 4.69) is 11.6 Å². The molecule has 1 rings (SSSR count). The standard InChI is InChI=1S/C6H3Cl2F3S/c7-5(9,6(8,10)11)4-2-1-3-12-4/h1-3H. The van der Waals surface area contributed by atoms with Crippen LogP contribution >= 0.6 is 34.5 Å². The second kappa shape index (κ2) is 3.09. The zero-order chi connectivity index (χ0) is 9.41. The fourth-order valence-corrected chi connectivity index (χ4v) is 1.69. The molecule has 0 nitrogen and oxygen atoms in total. The van der Waals surface area contributed by atoms with Gasteiger partial charge < -0.3 is 0 Å². The first-order chi connectivity index (χ1) is 5.36. The molecule has 0 aliphatic heterocycles. The molecule has 1 unspecified atom stereocenters. The number of hydrogen-bond donors (Lipinski definition) is 0. The SMILES string of the molecule is FC(F)(Cl)C(F)(Cl)c1cccs1.